The van der Waals surface area contributed by atoms with Gasteiger partial charge in [0.15, 0.2) is 0 Å². The fraction of sp³-hybridized carbons (Fsp3) is 0.588. The Hall–Kier alpha value is -1.38. The van der Waals surface area contributed by atoms with Crippen molar-refractivity contribution in [1.29, 1.82) is 0 Å². The predicted octanol–water partition coefficient (Wildman–Crippen LogP) is 4.54. The summed E-state index contributed by atoms with van der Waals surface area (Å²) >= 11 is 0. The summed E-state index contributed by atoms with van der Waals surface area (Å²) in [5.41, 5.74) is 2.66. The first-order chi connectivity index (χ1) is 9.43. The van der Waals surface area contributed by atoms with Crippen molar-refractivity contribution in [1.82, 2.24) is 0 Å². The van der Waals surface area contributed by atoms with E-state index in [2.05, 4.69) is 25.9 Å². The van der Waals surface area contributed by atoms with Gasteiger partial charge < -0.3 is 4.84 Å². The fourth-order valence-electron chi connectivity index (χ4n) is 3.83. The molecule has 2 atom stereocenters. The van der Waals surface area contributed by atoms with Crippen molar-refractivity contribution in [2.24, 2.45) is 21.9 Å². The van der Waals surface area contributed by atoms with Crippen LogP contribution in [0.1, 0.15) is 45.6 Å². The molecule has 2 saturated carbocycles. The second kappa shape index (κ2) is 4.57. The zero-order valence-corrected chi connectivity index (χ0v) is 12.4. The summed E-state index contributed by atoms with van der Waals surface area (Å²) in [6.45, 7) is 7.44. The first kappa shape index (κ1) is 13.6. The van der Waals surface area contributed by atoms with Gasteiger partial charge in [-0.3, -0.25) is 0 Å². The molecule has 0 aliphatic heterocycles. The Bertz CT molecular complexity index is 534. The van der Waals surface area contributed by atoms with E-state index in [1.807, 2.05) is 0 Å². The predicted molar refractivity (Wildman–Crippen MR) is 77.9 cm³/mol. The van der Waals surface area contributed by atoms with E-state index in [1.165, 1.54) is 30.7 Å². The Morgan fingerprint density at radius 2 is 1.95 bits per heavy atom. The molecule has 3 rings (SSSR count). The molecule has 2 aliphatic rings. The van der Waals surface area contributed by atoms with Gasteiger partial charge in [0.25, 0.3) is 0 Å². The second-order valence-electron chi connectivity index (χ2n) is 6.93. The van der Waals surface area contributed by atoms with Crippen LogP contribution in [0.3, 0.4) is 0 Å². The number of hydrogen-bond donors (Lipinski definition) is 0. The molecule has 0 saturated heterocycles. The first-order valence-electron chi connectivity index (χ1n) is 7.37. The maximum atomic E-state index is 12.8. The highest BCUT2D eigenvalue weighted by atomic mass is 19.1. The molecule has 0 aromatic heterocycles. The fourth-order valence-corrected chi connectivity index (χ4v) is 3.83. The van der Waals surface area contributed by atoms with E-state index >= 15 is 0 Å². The molecule has 2 fully saturated rings. The lowest BCUT2D eigenvalue weighted by atomic mass is 9.70. The molecule has 3 heteroatoms. The summed E-state index contributed by atoms with van der Waals surface area (Å²) in [6, 6.07) is 6.38. The first-order valence-corrected chi connectivity index (χ1v) is 7.37. The Morgan fingerprint density at radius 1 is 1.25 bits per heavy atom. The maximum absolute atomic E-state index is 12.8. The van der Waals surface area contributed by atoms with Crippen LogP contribution in [0.2, 0.25) is 0 Å². The van der Waals surface area contributed by atoms with Crippen LogP contribution in [0.25, 0.3) is 0 Å². The molecule has 1 aromatic carbocycles. The van der Waals surface area contributed by atoms with Crippen molar-refractivity contribution in [3.63, 3.8) is 0 Å². The number of nitrogens with zero attached hydrogens (tertiary/aromatic N) is 1. The summed E-state index contributed by atoms with van der Waals surface area (Å²) in [6.07, 6.45) is 3.58. The summed E-state index contributed by atoms with van der Waals surface area (Å²) in [7, 11) is 0. The van der Waals surface area contributed by atoms with E-state index in [9.17, 15) is 4.39 Å². The molecular weight excluding hydrogens is 253 g/mol. The van der Waals surface area contributed by atoms with E-state index in [-0.39, 0.29) is 11.2 Å². The number of fused-ring (bicyclic) bond motifs is 2. The van der Waals surface area contributed by atoms with Gasteiger partial charge in [-0.1, -0.05) is 38.1 Å². The SMILES string of the molecule is CC1(C)C2CC[C@@]1(C)/C(=N/OCc1ccc(F)cc1)C2. The molecule has 0 radical (unpaired) electrons. The minimum Gasteiger partial charge on any atom is -0.391 e. The Morgan fingerprint density at radius 3 is 2.50 bits per heavy atom. The van der Waals surface area contributed by atoms with Crippen LogP contribution in [-0.2, 0) is 11.4 Å². The van der Waals surface area contributed by atoms with E-state index < -0.39 is 0 Å². The lowest BCUT2D eigenvalue weighted by Crippen LogP contribution is -2.32. The molecule has 20 heavy (non-hydrogen) atoms. The van der Waals surface area contributed by atoms with Crippen molar-refractivity contribution in [2.45, 2.75) is 46.6 Å². The number of benzene rings is 1. The van der Waals surface area contributed by atoms with Crippen LogP contribution in [0, 0.1) is 22.6 Å². The van der Waals surface area contributed by atoms with E-state index in [1.54, 1.807) is 12.1 Å². The van der Waals surface area contributed by atoms with Crippen LogP contribution < -0.4 is 0 Å². The van der Waals surface area contributed by atoms with E-state index in [4.69, 9.17) is 4.84 Å². The highest BCUT2D eigenvalue weighted by Crippen LogP contribution is 2.63. The average Bonchev–Trinajstić information content (AvgIpc) is 2.74. The van der Waals surface area contributed by atoms with Gasteiger partial charge in [0.2, 0.25) is 0 Å². The number of rotatable bonds is 3. The number of halogens is 1. The standard InChI is InChI=1S/C17H22FNO/c1-16(2)13-8-9-17(16,3)15(10-13)19-20-11-12-4-6-14(18)7-5-12/h4-7,13H,8-11H2,1-3H3/b19-15+/t13?,17-/m0/s1. The van der Waals surface area contributed by atoms with Gasteiger partial charge in [0.1, 0.15) is 12.4 Å². The van der Waals surface area contributed by atoms with Crippen molar-refractivity contribution >= 4 is 5.71 Å². The molecule has 1 aromatic rings. The quantitative estimate of drug-likeness (QED) is 0.742. The molecule has 108 valence electrons. The van der Waals surface area contributed by atoms with E-state index in [0.29, 0.717) is 12.0 Å². The van der Waals surface area contributed by atoms with Crippen molar-refractivity contribution in [3.8, 4) is 0 Å². The van der Waals surface area contributed by atoms with Crippen LogP contribution in [-0.4, -0.2) is 5.71 Å². The zero-order chi connectivity index (χ0) is 14.4. The van der Waals surface area contributed by atoms with Crippen molar-refractivity contribution < 1.29 is 9.23 Å². The maximum Gasteiger partial charge on any atom is 0.142 e. The molecule has 0 N–H and O–H groups in total. The van der Waals surface area contributed by atoms with Gasteiger partial charge in [0.05, 0.1) is 5.71 Å². The summed E-state index contributed by atoms with van der Waals surface area (Å²) in [5.74, 6) is 0.517. The van der Waals surface area contributed by atoms with Crippen LogP contribution >= 0.6 is 0 Å². The normalized spacial score (nSPS) is 32.8. The second-order valence-corrected chi connectivity index (χ2v) is 6.93. The van der Waals surface area contributed by atoms with Crippen LogP contribution in [0.15, 0.2) is 29.4 Å². The van der Waals surface area contributed by atoms with Gasteiger partial charge in [-0.05, 0) is 48.3 Å². The molecule has 0 amide bonds. The zero-order valence-electron chi connectivity index (χ0n) is 12.4. The Kier molecular flexibility index (Phi) is 3.11. The summed E-state index contributed by atoms with van der Waals surface area (Å²) in [4.78, 5) is 5.52. The largest absolute Gasteiger partial charge is 0.391 e. The van der Waals surface area contributed by atoms with Gasteiger partial charge >= 0.3 is 0 Å². The highest BCUT2D eigenvalue weighted by molar-refractivity contribution is 5.93. The van der Waals surface area contributed by atoms with Gasteiger partial charge in [-0.15, -0.1) is 0 Å². The third-order valence-corrected chi connectivity index (χ3v) is 5.83. The third-order valence-electron chi connectivity index (χ3n) is 5.83. The van der Waals surface area contributed by atoms with Gasteiger partial charge in [0, 0.05) is 5.41 Å². The van der Waals surface area contributed by atoms with Crippen LogP contribution in [0.4, 0.5) is 4.39 Å². The monoisotopic (exact) mass is 275 g/mol. The van der Waals surface area contributed by atoms with Gasteiger partial charge in [-0.25, -0.2) is 4.39 Å². The molecular formula is C17H22FNO. The molecule has 2 bridgehead atoms. The summed E-state index contributed by atoms with van der Waals surface area (Å²) < 4.78 is 12.8. The Labute approximate surface area is 120 Å². The molecule has 0 spiro atoms. The topological polar surface area (TPSA) is 21.6 Å². The minimum absolute atomic E-state index is 0.181. The molecule has 0 heterocycles. The van der Waals surface area contributed by atoms with Crippen molar-refractivity contribution in [3.05, 3.63) is 35.6 Å². The lowest BCUT2D eigenvalue weighted by molar-refractivity contribution is 0.123. The van der Waals surface area contributed by atoms with E-state index in [0.717, 1.165) is 17.9 Å². The lowest BCUT2D eigenvalue weighted by Gasteiger charge is -2.34. The average molecular weight is 275 g/mol. The smallest absolute Gasteiger partial charge is 0.142 e. The number of oxime groups is 1. The number of hydrogen-bond acceptors (Lipinski definition) is 2. The summed E-state index contributed by atoms with van der Waals surface area (Å²) in [5, 5.41) is 4.41. The Balaban J connectivity index is 1.68. The van der Waals surface area contributed by atoms with Crippen molar-refractivity contribution in [2.75, 3.05) is 0 Å². The minimum atomic E-state index is -0.220. The molecule has 2 nitrogen and oxygen atoms in total. The molecule has 1 unspecified atom stereocenters. The molecule has 2 aliphatic carbocycles. The van der Waals surface area contributed by atoms with Crippen LogP contribution in [0.5, 0.6) is 0 Å². The third kappa shape index (κ3) is 1.95. The van der Waals surface area contributed by atoms with Gasteiger partial charge in [-0.2, -0.15) is 0 Å². The highest BCUT2D eigenvalue weighted by Gasteiger charge is 2.60.